The highest BCUT2D eigenvalue weighted by Crippen LogP contribution is 2.33. The van der Waals surface area contributed by atoms with Crippen LogP contribution in [0.15, 0.2) is 23.1 Å². The lowest BCUT2D eigenvalue weighted by Gasteiger charge is -2.28. The number of fused-ring (bicyclic) bond motifs is 1. The van der Waals surface area contributed by atoms with Crippen LogP contribution in [0.25, 0.3) is 10.9 Å². The topological polar surface area (TPSA) is 116 Å². The first-order valence-corrected chi connectivity index (χ1v) is 9.58. The number of nitrogens with two attached hydrogens (primary N) is 1. The van der Waals surface area contributed by atoms with Gasteiger partial charge in [-0.15, -0.1) is 11.8 Å². The number of nitrogens with one attached hydrogen (secondary N) is 1. The zero-order valence-electron chi connectivity index (χ0n) is 11.8. The third kappa shape index (κ3) is 2.94. The Bertz CT molecular complexity index is 881. The highest BCUT2D eigenvalue weighted by molar-refractivity contribution is 8.00. The van der Waals surface area contributed by atoms with Crippen LogP contribution in [0, 0.1) is 0 Å². The Morgan fingerprint density at radius 2 is 2.22 bits per heavy atom. The summed E-state index contributed by atoms with van der Waals surface area (Å²) in [5.41, 5.74) is 4.80. The third-order valence-corrected chi connectivity index (χ3v) is 6.71. The molecule has 3 rings (SSSR count). The number of β-amino-alcohol motifs (C(OH)–C–C–N with tert-alkyl or cyclic N) is 1. The molecule has 124 valence electrons. The number of carbonyl (C=O) groups excluding carboxylic acids is 1. The predicted octanol–water partition coefficient (Wildman–Crippen LogP) is 0.976. The standard InChI is InChI=1S/C13H14ClN3O4S2/c14-7-1-2-9-8(5-7)12(11(16-9)13(15)19)23(20,21)17-3-4-22-10(18)6-17/h1-2,5,10,16,18H,3-4,6H2,(H2,15,19)/t10-/m1/s1. The number of aromatic amines is 1. The van der Waals surface area contributed by atoms with Crippen molar-refractivity contribution in [3.63, 3.8) is 0 Å². The average molecular weight is 376 g/mol. The molecule has 0 saturated carbocycles. The van der Waals surface area contributed by atoms with E-state index in [-0.39, 0.29) is 23.7 Å². The largest absolute Gasteiger partial charge is 0.381 e. The minimum absolute atomic E-state index is 0.0432. The Hall–Kier alpha value is -1.26. The molecule has 1 amide bonds. The number of nitrogens with zero attached hydrogens (tertiary/aromatic N) is 1. The Kier molecular flexibility index (Phi) is 4.32. The lowest BCUT2D eigenvalue weighted by molar-refractivity contribution is 0.0993. The fraction of sp³-hybridized carbons (Fsp3) is 0.308. The summed E-state index contributed by atoms with van der Waals surface area (Å²) in [6.07, 6.45) is 0. The molecule has 2 aromatic rings. The highest BCUT2D eigenvalue weighted by Gasteiger charge is 2.35. The van der Waals surface area contributed by atoms with Crippen LogP contribution in [0.5, 0.6) is 0 Å². The SMILES string of the molecule is NC(=O)c1[nH]c2ccc(Cl)cc2c1S(=O)(=O)N1CCS[C@@H](O)C1. The summed E-state index contributed by atoms with van der Waals surface area (Å²) in [5.74, 6) is -0.405. The molecular formula is C13H14ClN3O4S2. The van der Waals surface area contributed by atoms with Crippen molar-refractivity contribution in [1.82, 2.24) is 9.29 Å². The van der Waals surface area contributed by atoms with Gasteiger partial charge in [0, 0.05) is 34.8 Å². The van der Waals surface area contributed by atoms with Gasteiger partial charge in [-0.2, -0.15) is 4.31 Å². The van der Waals surface area contributed by atoms with Gasteiger partial charge < -0.3 is 15.8 Å². The van der Waals surface area contributed by atoms with E-state index in [0.29, 0.717) is 21.7 Å². The second-order valence-corrected chi connectivity index (χ2v) is 8.67. The smallest absolute Gasteiger partial charge is 0.266 e. The van der Waals surface area contributed by atoms with Gasteiger partial charge in [0.2, 0.25) is 10.0 Å². The second-order valence-electron chi connectivity index (χ2n) is 5.07. The number of aliphatic hydroxyl groups is 1. The summed E-state index contributed by atoms with van der Waals surface area (Å²) in [6.45, 7) is 0.202. The van der Waals surface area contributed by atoms with Crippen molar-refractivity contribution < 1.29 is 18.3 Å². The van der Waals surface area contributed by atoms with Gasteiger partial charge in [0.1, 0.15) is 16.0 Å². The zero-order valence-corrected chi connectivity index (χ0v) is 14.2. The molecule has 1 fully saturated rings. The van der Waals surface area contributed by atoms with Gasteiger partial charge in [0.15, 0.2) is 0 Å². The van der Waals surface area contributed by atoms with E-state index in [2.05, 4.69) is 4.98 Å². The molecule has 1 saturated heterocycles. The first-order chi connectivity index (χ1) is 10.8. The number of halogens is 1. The maximum Gasteiger partial charge on any atom is 0.266 e. The van der Waals surface area contributed by atoms with Crippen molar-refractivity contribution in [3.05, 3.63) is 28.9 Å². The number of carbonyl (C=O) groups is 1. The Labute approximate surface area is 141 Å². The summed E-state index contributed by atoms with van der Waals surface area (Å²) in [6, 6.07) is 4.65. The van der Waals surface area contributed by atoms with Gasteiger partial charge in [0.05, 0.1) is 0 Å². The van der Waals surface area contributed by atoms with E-state index in [9.17, 15) is 18.3 Å². The quantitative estimate of drug-likeness (QED) is 0.739. The van der Waals surface area contributed by atoms with Crippen molar-refractivity contribution in [2.75, 3.05) is 18.8 Å². The summed E-state index contributed by atoms with van der Waals surface area (Å²) in [5, 5.41) is 10.4. The maximum atomic E-state index is 13.0. The molecule has 7 nitrogen and oxygen atoms in total. The fourth-order valence-electron chi connectivity index (χ4n) is 2.54. The normalized spacial score (nSPS) is 20.0. The maximum absolute atomic E-state index is 13.0. The molecule has 1 aromatic heterocycles. The number of aliphatic hydroxyl groups excluding tert-OH is 1. The number of sulfonamides is 1. The van der Waals surface area contributed by atoms with E-state index >= 15 is 0 Å². The number of benzene rings is 1. The van der Waals surface area contributed by atoms with E-state index in [4.69, 9.17) is 17.3 Å². The van der Waals surface area contributed by atoms with Crippen LogP contribution in [0.4, 0.5) is 0 Å². The number of hydrogen-bond donors (Lipinski definition) is 3. The van der Waals surface area contributed by atoms with Crippen molar-refractivity contribution in [1.29, 1.82) is 0 Å². The fourth-order valence-corrected chi connectivity index (χ4v) is 5.59. The molecular weight excluding hydrogens is 362 g/mol. The lowest BCUT2D eigenvalue weighted by atomic mass is 10.2. The van der Waals surface area contributed by atoms with E-state index in [1.165, 1.54) is 17.8 Å². The Balaban J connectivity index is 2.22. The van der Waals surface area contributed by atoms with Crippen molar-refractivity contribution in [2.24, 2.45) is 5.73 Å². The molecule has 10 heteroatoms. The number of primary amides is 1. The molecule has 0 bridgehead atoms. The minimum atomic E-state index is -4.00. The number of H-pyrrole nitrogens is 1. The molecule has 0 radical (unpaired) electrons. The van der Waals surface area contributed by atoms with Gasteiger partial charge in [-0.25, -0.2) is 8.42 Å². The third-order valence-electron chi connectivity index (χ3n) is 3.57. The van der Waals surface area contributed by atoms with E-state index in [0.717, 1.165) is 4.31 Å². The molecule has 1 aliphatic heterocycles. The van der Waals surface area contributed by atoms with Gasteiger partial charge >= 0.3 is 0 Å². The summed E-state index contributed by atoms with van der Waals surface area (Å²) >= 11 is 7.24. The van der Waals surface area contributed by atoms with Crippen LogP contribution in [-0.2, 0) is 10.0 Å². The molecule has 1 aromatic carbocycles. The molecule has 0 spiro atoms. The molecule has 2 heterocycles. The molecule has 23 heavy (non-hydrogen) atoms. The molecule has 0 aliphatic carbocycles. The Morgan fingerprint density at radius 3 is 2.87 bits per heavy atom. The predicted molar refractivity (Wildman–Crippen MR) is 89.1 cm³/mol. The molecule has 4 N–H and O–H groups in total. The van der Waals surface area contributed by atoms with Gasteiger partial charge in [-0.1, -0.05) is 11.6 Å². The minimum Gasteiger partial charge on any atom is -0.381 e. The van der Waals surface area contributed by atoms with Gasteiger partial charge in [-0.3, -0.25) is 4.79 Å². The van der Waals surface area contributed by atoms with Gasteiger partial charge in [0.25, 0.3) is 5.91 Å². The summed E-state index contributed by atoms with van der Waals surface area (Å²) in [4.78, 5) is 14.2. The van der Waals surface area contributed by atoms with E-state index < -0.39 is 21.4 Å². The summed E-state index contributed by atoms with van der Waals surface area (Å²) < 4.78 is 27.1. The van der Waals surface area contributed by atoms with Crippen LogP contribution < -0.4 is 5.73 Å². The van der Waals surface area contributed by atoms with Crippen LogP contribution in [0.3, 0.4) is 0 Å². The summed E-state index contributed by atoms with van der Waals surface area (Å²) in [7, 11) is -4.00. The molecule has 1 aliphatic rings. The van der Waals surface area contributed by atoms with Crippen LogP contribution in [0.1, 0.15) is 10.5 Å². The van der Waals surface area contributed by atoms with Crippen molar-refractivity contribution in [2.45, 2.75) is 10.3 Å². The van der Waals surface area contributed by atoms with Crippen LogP contribution >= 0.6 is 23.4 Å². The van der Waals surface area contributed by atoms with Crippen LogP contribution in [-0.4, -0.2) is 53.0 Å². The Morgan fingerprint density at radius 1 is 1.48 bits per heavy atom. The monoisotopic (exact) mass is 375 g/mol. The highest BCUT2D eigenvalue weighted by atomic mass is 35.5. The number of hydrogen-bond acceptors (Lipinski definition) is 5. The molecule has 0 unspecified atom stereocenters. The van der Waals surface area contributed by atoms with Crippen molar-refractivity contribution >= 4 is 50.2 Å². The van der Waals surface area contributed by atoms with Crippen molar-refractivity contribution in [3.8, 4) is 0 Å². The number of aromatic nitrogens is 1. The van der Waals surface area contributed by atoms with E-state index in [1.807, 2.05) is 0 Å². The first-order valence-electron chi connectivity index (χ1n) is 6.71. The second kappa shape index (κ2) is 5.99. The molecule has 1 atom stereocenters. The number of amides is 1. The van der Waals surface area contributed by atoms with Crippen LogP contribution in [0.2, 0.25) is 5.02 Å². The number of rotatable bonds is 3. The first kappa shape index (κ1) is 16.6. The van der Waals surface area contributed by atoms with Gasteiger partial charge in [-0.05, 0) is 18.2 Å². The van der Waals surface area contributed by atoms with E-state index in [1.54, 1.807) is 12.1 Å². The zero-order chi connectivity index (χ0) is 16.8. The lowest BCUT2D eigenvalue weighted by Crippen LogP contribution is -2.42. The average Bonchev–Trinajstić information content (AvgIpc) is 2.86. The number of thioether (sulfide) groups is 1.